The van der Waals surface area contributed by atoms with Gasteiger partial charge in [-0.3, -0.25) is 0 Å². The second-order valence-electron chi connectivity index (χ2n) is 5.61. The Bertz CT molecular complexity index is 1070. The molecule has 0 aliphatic rings. The number of benzene rings is 2. The van der Waals surface area contributed by atoms with Crippen LogP contribution in [0.4, 0.5) is 11.5 Å². The van der Waals surface area contributed by atoms with E-state index >= 15 is 0 Å². The normalized spacial score (nSPS) is 10.3. The minimum absolute atomic E-state index is 0. The number of esters is 1. The van der Waals surface area contributed by atoms with E-state index in [1.54, 1.807) is 29.8 Å². The summed E-state index contributed by atoms with van der Waals surface area (Å²) in [7, 11) is 1.37. The molecular formula is C20H16ClN3O2S. The van der Waals surface area contributed by atoms with Gasteiger partial charge in [0.2, 0.25) is 0 Å². The number of nitrogens with zero attached hydrogens (tertiary/aromatic N) is 2. The molecule has 27 heavy (non-hydrogen) atoms. The maximum absolute atomic E-state index is 11.6. The summed E-state index contributed by atoms with van der Waals surface area (Å²) in [6, 6.07) is 17.3. The van der Waals surface area contributed by atoms with E-state index in [1.165, 1.54) is 7.11 Å². The minimum atomic E-state index is -0.356. The molecule has 0 unspecified atom stereocenters. The monoisotopic (exact) mass is 397 g/mol. The molecule has 1 N–H and O–H groups in total. The second-order valence-corrected chi connectivity index (χ2v) is 6.47. The number of methoxy groups -OCH3 is 1. The van der Waals surface area contributed by atoms with Crippen LogP contribution in [0, 0.1) is 0 Å². The summed E-state index contributed by atoms with van der Waals surface area (Å²) in [5, 5.41) is 6.42. The first-order chi connectivity index (χ1) is 12.8. The summed E-state index contributed by atoms with van der Waals surface area (Å²) in [5.41, 5.74) is 3.56. The summed E-state index contributed by atoms with van der Waals surface area (Å²) in [6.07, 6.45) is 1.55. The van der Waals surface area contributed by atoms with Crippen LogP contribution in [-0.2, 0) is 4.74 Å². The first kappa shape index (κ1) is 18.8. The number of rotatable bonds is 4. The highest BCUT2D eigenvalue weighted by atomic mass is 35.5. The van der Waals surface area contributed by atoms with Crippen LogP contribution < -0.4 is 5.32 Å². The molecular weight excluding hydrogens is 382 g/mol. The molecule has 136 valence electrons. The number of nitrogens with one attached hydrogen (secondary N) is 1. The van der Waals surface area contributed by atoms with Gasteiger partial charge in [0.25, 0.3) is 0 Å². The first-order valence-corrected chi connectivity index (χ1v) is 8.87. The Hall–Kier alpha value is -2.96. The fourth-order valence-corrected chi connectivity index (χ4v) is 3.66. The van der Waals surface area contributed by atoms with E-state index in [0.717, 1.165) is 32.8 Å². The second kappa shape index (κ2) is 8.16. The lowest BCUT2D eigenvalue weighted by Crippen LogP contribution is -2.01. The van der Waals surface area contributed by atoms with Crippen molar-refractivity contribution in [2.45, 2.75) is 0 Å². The van der Waals surface area contributed by atoms with E-state index in [-0.39, 0.29) is 18.4 Å². The molecule has 2 aromatic heterocycles. The Morgan fingerprint density at radius 3 is 2.48 bits per heavy atom. The third-order valence-corrected chi connectivity index (χ3v) is 4.91. The molecule has 0 radical (unpaired) electrons. The quantitative estimate of drug-likeness (QED) is 0.473. The SMILES string of the molecule is COC(=O)c1ccc(Nc2ncnc3scc(-c4ccccc4)c23)cc1.Cl. The largest absolute Gasteiger partial charge is 0.465 e. The topological polar surface area (TPSA) is 64.1 Å². The van der Waals surface area contributed by atoms with Gasteiger partial charge in [0.1, 0.15) is 17.0 Å². The van der Waals surface area contributed by atoms with Crippen molar-refractivity contribution < 1.29 is 9.53 Å². The summed E-state index contributed by atoms with van der Waals surface area (Å²) >= 11 is 1.59. The lowest BCUT2D eigenvalue weighted by Gasteiger charge is -2.09. The summed E-state index contributed by atoms with van der Waals surface area (Å²) in [6.45, 7) is 0. The Kier molecular flexibility index (Phi) is 5.69. The molecule has 2 aromatic carbocycles. The van der Waals surface area contributed by atoms with Gasteiger partial charge in [0.05, 0.1) is 18.1 Å². The predicted octanol–water partition coefficient (Wildman–Crippen LogP) is 5.31. The molecule has 0 saturated carbocycles. The Labute approximate surface area is 166 Å². The molecule has 7 heteroatoms. The van der Waals surface area contributed by atoms with Gasteiger partial charge in [-0.1, -0.05) is 30.3 Å². The molecule has 4 rings (SSSR count). The van der Waals surface area contributed by atoms with Crippen LogP contribution in [0.25, 0.3) is 21.3 Å². The van der Waals surface area contributed by atoms with E-state index < -0.39 is 0 Å². The Balaban J connectivity index is 0.00000210. The number of fused-ring (bicyclic) bond motifs is 1. The molecule has 0 aliphatic heterocycles. The number of ether oxygens (including phenoxy) is 1. The molecule has 0 amide bonds. The number of aromatic nitrogens is 2. The van der Waals surface area contributed by atoms with Gasteiger partial charge in [-0.15, -0.1) is 23.7 Å². The van der Waals surface area contributed by atoms with E-state index in [1.807, 2.05) is 30.3 Å². The molecule has 2 heterocycles. The van der Waals surface area contributed by atoms with Crippen molar-refractivity contribution in [1.29, 1.82) is 0 Å². The average Bonchev–Trinajstić information content (AvgIpc) is 3.14. The Morgan fingerprint density at radius 2 is 1.78 bits per heavy atom. The first-order valence-electron chi connectivity index (χ1n) is 7.99. The van der Waals surface area contributed by atoms with Gasteiger partial charge in [0.15, 0.2) is 0 Å². The van der Waals surface area contributed by atoms with E-state index in [4.69, 9.17) is 4.74 Å². The van der Waals surface area contributed by atoms with Crippen LogP contribution in [-0.4, -0.2) is 23.0 Å². The maximum Gasteiger partial charge on any atom is 0.337 e. The average molecular weight is 398 g/mol. The summed E-state index contributed by atoms with van der Waals surface area (Å²) in [5.74, 6) is 0.381. The van der Waals surface area contributed by atoms with E-state index in [2.05, 4.69) is 32.8 Å². The fraction of sp³-hybridized carbons (Fsp3) is 0.0500. The lowest BCUT2D eigenvalue weighted by molar-refractivity contribution is 0.0601. The summed E-state index contributed by atoms with van der Waals surface area (Å²) < 4.78 is 4.73. The van der Waals surface area contributed by atoms with Gasteiger partial charge in [0, 0.05) is 16.6 Å². The molecule has 4 aromatic rings. The van der Waals surface area contributed by atoms with Crippen LogP contribution in [0.1, 0.15) is 10.4 Å². The highest BCUT2D eigenvalue weighted by molar-refractivity contribution is 7.17. The van der Waals surface area contributed by atoms with Crippen LogP contribution in [0.3, 0.4) is 0 Å². The highest BCUT2D eigenvalue weighted by Gasteiger charge is 2.13. The van der Waals surface area contributed by atoms with Gasteiger partial charge in [-0.2, -0.15) is 0 Å². The molecule has 0 atom stereocenters. The van der Waals surface area contributed by atoms with Gasteiger partial charge >= 0.3 is 5.97 Å². The number of hydrogen-bond acceptors (Lipinski definition) is 6. The molecule has 0 saturated heterocycles. The smallest absolute Gasteiger partial charge is 0.337 e. The zero-order valence-corrected chi connectivity index (χ0v) is 16.0. The van der Waals surface area contributed by atoms with Gasteiger partial charge < -0.3 is 10.1 Å². The number of carbonyl (C=O) groups is 1. The highest BCUT2D eigenvalue weighted by Crippen LogP contribution is 2.37. The van der Waals surface area contributed by atoms with Crippen molar-refractivity contribution in [2.75, 3.05) is 12.4 Å². The van der Waals surface area contributed by atoms with Crippen LogP contribution in [0.5, 0.6) is 0 Å². The van der Waals surface area contributed by atoms with Crippen molar-refractivity contribution in [2.24, 2.45) is 0 Å². The molecule has 0 fully saturated rings. The molecule has 5 nitrogen and oxygen atoms in total. The van der Waals surface area contributed by atoms with Crippen molar-refractivity contribution in [3.05, 3.63) is 71.9 Å². The summed E-state index contributed by atoms with van der Waals surface area (Å²) in [4.78, 5) is 21.3. The Morgan fingerprint density at radius 1 is 1.04 bits per heavy atom. The van der Waals surface area contributed by atoms with Crippen molar-refractivity contribution in [1.82, 2.24) is 9.97 Å². The number of anilines is 2. The van der Waals surface area contributed by atoms with Crippen LogP contribution >= 0.6 is 23.7 Å². The molecule has 0 aliphatic carbocycles. The van der Waals surface area contributed by atoms with Crippen molar-refractivity contribution in [3.63, 3.8) is 0 Å². The zero-order valence-electron chi connectivity index (χ0n) is 14.4. The number of thiophene rings is 1. The van der Waals surface area contributed by atoms with E-state index in [0.29, 0.717) is 5.56 Å². The van der Waals surface area contributed by atoms with E-state index in [9.17, 15) is 4.79 Å². The van der Waals surface area contributed by atoms with Crippen LogP contribution in [0.2, 0.25) is 0 Å². The lowest BCUT2D eigenvalue weighted by atomic mass is 10.1. The third-order valence-electron chi connectivity index (χ3n) is 4.02. The van der Waals surface area contributed by atoms with Crippen molar-refractivity contribution in [3.8, 4) is 11.1 Å². The van der Waals surface area contributed by atoms with Crippen molar-refractivity contribution >= 4 is 51.4 Å². The number of halogens is 1. The van der Waals surface area contributed by atoms with Gasteiger partial charge in [-0.05, 0) is 29.8 Å². The number of hydrogen-bond donors (Lipinski definition) is 1. The van der Waals surface area contributed by atoms with Crippen LogP contribution in [0.15, 0.2) is 66.3 Å². The zero-order chi connectivity index (χ0) is 17.9. The minimum Gasteiger partial charge on any atom is -0.465 e. The molecule has 0 bridgehead atoms. The standard InChI is InChI=1S/C20H15N3O2S.ClH/c1-25-20(24)14-7-9-15(10-8-14)23-18-17-16(13-5-3-2-4-6-13)11-26-19(17)22-12-21-18;/h2-12H,1H3,(H,21,22,23);1H. The third kappa shape index (κ3) is 3.77. The van der Waals surface area contributed by atoms with Gasteiger partial charge in [-0.25, -0.2) is 14.8 Å². The molecule has 0 spiro atoms. The maximum atomic E-state index is 11.6. The predicted molar refractivity (Wildman–Crippen MR) is 111 cm³/mol. The fourth-order valence-electron chi connectivity index (χ4n) is 2.74. The number of carbonyl (C=O) groups excluding carboxylic acids is 1.